The summed E-state index contributed by atoms with van der Waals surface area (Å²) in [4.78, 5) is 33.6. The number of thiazole rings is 1. The van der Waals surface area contributed by atoms with E-state index in [0.29, 0.717) is 27.0 Å². The number of alkyl halides is 4. The molecule has 6 rings (SSSR count). The van der Waals surface area contributed by atoms with Crippen LogP contribution in [0.5, 0.6) is 11.5 Å². The molecule has 2 aromatic heterocycles. The number of hydrogen-bond donors (Lipinski definition) is 3. The molecule has 2 amide bonds. The van der Waals surface area contributed by atoms with Gasteiger partial charge in [-0.15, -0.1) is 11.3 Å². The number of rotatable bonds is 8. The van der Waals surface area contributed by atoms with E-state index in [1.807, 2.05) is 0 Å². The fourth-order valence-corrected chi connectivity index (χ4v) is 5.67. The van der Waals surface area contributed by atoms with Crippen LogP contribution in [0.1, 0.15) is 39.5 Å². The molecule has 15 heteroatoms. The van der Waals surface area contributed by atoms with Crippen LogP contribution in [0.2, 0.25) is 0 Å². The minimum atomic E-state index is -5.47. The Labute approximate surface area is 249 Å². The van der Waals surface area contributed by atoms with Crippen LogP contribution < -0.4 is 20.5 Å². The van der Waals surface area contributed by atoms with Crippen molar-refractivity contribution in [2.75, 3.05) is 13.2 Å². The molecule has 3 heterocycles. The second-order valence-electron chi connectivity index (χ2n) is 10.6. The average molecular weight is 635 g/mol. The quantitative estimate of drug-likeness (QED) is 0.242. The fraction of sp³-hybridized carbons (Fsp3) is 0.310. The Morgan fingerprint density at radius 2 is 1.89 bits per heavy atom. The van der Waals surface area contributed by atoms with Crippen molar-refractivity contribution in [2.45, 2.75) is 43.3 Å². The zero-order chi connectivity index (χ0) is 31.6. The van der Waals surface area contributed by atoms with Gasteiger partial charge in [-0.3, -0.25) is 9.59 Å². The second kappa shape index (κ2) is 10.4. The standard InChI is InChI=1S/C29H23F5N4O5S/c1-13-37-23-19(43-17-6-7-17)8-15(9-20(23)44-13)25(39)36-11-28(41,29(32,33)34)21-10-18-24(42-12-27(18,31)26(35)40)22(38-21)14-2-4-16(30)5-3-14/h2-5,8-10,17,41H,6-7,11-12H2,1H3,(H2,35,40)(H,36,39)/t27-,28+/m1/s1. The van der Waals surface area contributed by atoms with Gasteiger partial charge in [0.05, 0.1) is 28.1 Å². The van der Waals surface area contributed by atoms with E-state index in [9.17, 15) is 32.3 Å². The monoisotopic (exact) mass is 634 g/mol. The molecule has 1 saturated carbocycles. The highest BCUT2D eigenvalue weighted by molar-refractivity contribution is 7.18. The predicted octanol–water partition coefficient (Wildman–Crippen LogP) is 4.57. The van der Waals surface area contributed by atoms with Gasteiger partial charge in [0.1, 0.15) is 29.4 Å². The summed E-state index contributed by atoms with van der Waals surface area (Å²) >= 11 is 1.26. The third kappa shape index (κ3) is 5.09. The minimum Gasteiger partial charge on any atom is -0.488 e. The third-order valence-corrected chi connectivity index (χ3v) is 8.29. The Morgan fingerprint density at radius 3 is 2.52 bits per heavy atom. The summed E-state index contributed by atoms with van der Waals surface area (Å²) in [5.74, 6) is -3.28. The lowest BCUT2D eigenvalue weighted by molar-refractivity contribution is -0.265. The van der Waals surface area contributed by atoms with Gasteiger partial charge in [-0.25, -0.2) is 18.7 Å². The second-order valence-corrected chi connectivity index (χ2v) is 11.8. The van der Waals surface area contributed by atoms with Gasteiger partial charge in [0.25, 0.3) is 17.5 Å². The van der Waals surface area contributed by atoms with Crippen molar-refractivity contribution >= 4 is 33.4 Å². The molecule has 0 radical (unpaired) electrons. The van der Waals surface area contributed by atoms with Gasteiger partial charge in [-0.2, -0.15) is 13.2 Å². The van der Waals surface area contributed by atoms with Crippen molar-refractivity contribution in [2.24, 2.45) is 5.73 Å². The number of hydrogen-bond acceptors (Lipinski definition) is 8. The maximum absolute atomic E-state index is 15.7. The minimum absolute atomic E-state index is 0.00289. The normalized spacial score (nSPS) is 19.2. The van der Waals surface area contributed by atoms with E-state index in [-0.39, 0.29) is 17.2 Å². The number of nitrogens with two attached hydrogens (primary N) is 1. The van der Waals surface area contributed by atoms with Gasteiger partial charge < -0.3 is 25.6 Å². The van der Waals surface area contributed by atoms with E-state index in [0.717, 1.165) is 37.1 Å². The highest BCUT2D eigenvalue weighted by atomic mass is 32.1. The van der Waals surface area contributed by atoms with Crippen molar-refractivity contribution in [1.82, 2.24) is 15.3 Å². The Morgan fingerprint density at radius 1 is 1.18 bits per heavy atom. The van der Waals surface area contributed by atoms with Crippen LogP contribution in [-0.2, 0) is 16.1 Å². The van der Waals surface area contributed by atoms with Gasteiger partial charge in [0.2, 0.25) is 5.60 Å². The van der Waals surface area contributed by atoms with E-state index in [4.69, 9.17) is 15.2 Å². The largest absolute Gasteiger partial charge is 0.488 e. The third-order valence-electron chi connectivity index (χ3n) is 7.37. The molecular weight excluding hydrogens is 611 g/mol. The van der Waals surface area contributed by atoms with Crippen LogP contribution in [0.15, 0.2) is 42.5 Å². The van der Waals surface area contributed by atoms with E-state index in [1.54, 1.807) is 6.92 Å². The molecule has 0 unspecified atom stereocenters. The van der Waals surface area contributed by atoms with Crippen molar-refractivity contribution < 1.29 is 46.1 Å². The van der Waals surface area contributed by atoms with Gasteiger partial charge in [-0.1, -0.05) is 0 Å². The number of primary amides is 1. The van der Waals surface area contributed by atoms with Gasteiger partial charge in [-0.05, 0) is 62.2 Å². The van der Waals surface area contributed by atoms with E-state index in [1.165, 1.54) is 23.5 Å². The lowest BCUT2D eigenvalue weighted by Crippen LogP contribution is -2.51. The Balaban J connectivity index is 1.40. The highest BCUT2D eigenvalue weighted by Gasteiger charge is 2.58. The number of pyridine rings is 1. The van der Waals surface area contributed by atoms with Gasteiger partial charge >= 0.3 is 6.18 Å². The first-order valence-corrected chi connectivity index (χ1v) is 14.1. The molecule has 1 aliphatic carbocycles. The molecule has 0 spiro atoms. The molecule has 1 aliphatic heterocycles. The Hall–Kier alpha value is -4.37. The maximum Gasteiger partial charge on any atom is 0.424 e. The molecule has 2 aromatic carbocycles. The zero-order valence-electron chi connectivity index (χ0n) is 22.8. The fourth-order valence-electron chi connectivity index (χ4n) is 4.78. The number of nitrogens with one attached hydrogen (secondary N) is 1. The number of ether oxygens (including phenoxy) is 2. The lowest BCUT2D eigenvalue weighted by Gasteiger charge is -2.31. The summed E-state index contributed by atoms with van der Waals surface area (Å²) in [7, 11) is 0. The topological polar surface area (TPSA) is 137 Å². The highest BCUT2D eigenvalue weighted by Crippen LogP contribution is 2.48. The summed E-state index contributed by atoms with van der Waals surface area (Å²) in [5, 5.41) is 13.9. The van der Waals surface area contributed by atoms with Crippen molar-refractivity contribution in [3.63, 3.8) is 0 Å². The van der Waals surface area contributed by atoms with Crippen LogP contribution in [-0.4, -0.2) is 52.3 Å². The summed E-state index contributed by atoms with van der Waals surface area (Å²) in [6.45, 7) is -0.643. The molecule has 4 aromatic rings. The first-order valence-electron chi connectivity index (χ1n) is 13.3. The van der Waals surface area contributed by atoms with Gasteiger partial charge in [0.15, 0.2) is 5.75 Å². The van der Waals surface area contributed by atoms with Crippen LogP contribution in [0.25, 0.3) is 21.5 Å². The predicted molar refractivity (Wildman–Crippen MR) is 147 cm³/mol. The SMILES string of the molecule is Cc1nc2c(OC3CC3)cc(C(=O)NC[C@](O)(c3cc4c(c(-c5ccc(F)cc5)n3)OC[C@]4(F)C(N)=O)C(F)(F)F)cc2s1. The molecule has 2 atom stereocenters. The molecule has 1 fully saturated rings. The maximum atomic E-state index is 15.7. The molecular formula is C29H23F5N4O5S. The molecule has 44 heavy (non-hydrogen) atoms. The number of nitrogens with zero attached hydrogens (tertiary/aromatic N) is 2. The number of fused-ring (bicyclic) bond motifs is 2. The zero-order valence-corrected chi connectivity index (χ0v) is 23.6. The van der Waals surface area contributed by atoms with Crippen LogP contribution in [0, 0.1) is 12.7 Å². The summed E-state index contributed by atoms with van der Waals surface area (Å²) in [6.07, 6.45) is -3.89. The van der Waals surface area contributed by atoms with Crippen LogP contribution >= 0.6 is 11.3 Å². The number of aliphatic hydroxyl groups is 1. The number of halogens is 5. The molecule has 9 nitrogen and oxygen atoms in total. The van der Waals surface area contributed by atoms with Crippen molar-refractivity contribution in [3.8, 4) is 22.8 Å². The van der Waals surface area contributed by atoms with E-state index in [2.05, 4.69) is 15.3 Å². The number of amides is 2. The molecule has 230 valence electrons. The molecule has 0 saturated heterocycles. The molecule has 0 bridgehead atoms. The van der Waals surface area contributed by atoms with E-state index >= 15 is 4.39 Å². The number of benzene rings is 2. The Kier molecular flexibility index (Phi) is 7.00. The van der Waals surface area contributed by atoms with Crippen molar-refractivity contribution in [1.29, 1.82) is 0 Å². The molecule has 2 aliphatic rings. The first kappa shape index (κ1) is 29.7. The van der Waals surface area contributed by atoms with E-state index < -0.39 is 70.9 Å². The molecule has 4 N–H and O–H groups in total. The average Bonchev–Trinajstić information content (AvgIpc) is 3.60. The summed E-state index contributed by atoms with van der Waals surface area (Å²) in [5.41, 5.74) is -3.48. The Bertz CT molecular complexity index is 1810. The summed E-state index contributed by atoms with van der Waals surface area (Å²) in [6, 6.07) is 7.63. The van der Waals surface area contributed by atoms with Crippen LogP contribution in [0.3, 0.4) is 0 Å². The first-order chi connectivity index (χ1) is 20.7. The number of carbonyl (C=O) groups is 2. The smallest absolute Gasteiger partial charge is 0.424 e. The number of aryl methyl sites for hydroxylation is 1. The number of aromatic nitrogens is 2. The van der Waals surface area contributed by atoms with Crippen LogP contribution in [0.4, 0.5) is 22.0 Å². The lowest BCUT2D eigenvalue weighted by atomic mass is 9.90. The number of carbonyl (C=O) groups excluding carboxylic acids is 2. The summed E-state index contributed by atoms with van der Waals surface area (Å²) < 4.78 is 84.9. The van der Waals surface area contributed by atoms with Gasteiger partial charge in [0, 0.05) is 16.7 Å². The van der Waals surface area contributed by atoms with Crippen molar-refractivity contribution in [3.05, 3.63) is 70.1 Å².